The van der Waals surface area contributed by atoms with Crippen molar-refractivity contribution < 1.29 is 14.1 Å². The van der Waals surface area contributed by atoms with Crippen LogP contribution in [0.3, 0.4) is 0 Å². The highest BCUT2D eigenvalue weighted by molar-refractivity contribution is 5.75. The molecule has 1 aromatic carbocycles. The number of piperidine rings is 1. The fourth-order valence-corrected chi connectivity index (χ4v) is 2.91. The molecule has 1 aliphatic rings. The zero-order valence-corrected chi connectivity index (χ0v) is 13.2. The number of non-ortho nitro benzene ring substituents is 1. The Morgan fingerprint density at radius 1 is 1.52 bits per heavy atom. The van der Waals surface area contributed by atoms with E-state index in [1.54, 1.807) is 6.07 Å². The lowest BCUT2D eigenvalue weighted by molar-refractivity contribution is -0.384. The maximum Gasteiger partial charge on any atom is 0.271 e. The second-order valence-electron chi connectivity index (χ2n) is 5.89. The monoisotopic (exact) mass is 319 g/mol. The first-order valence-electron chi connectivity index (χ1n) is 8.03. The van der Waals surface area contributed by atoms with Crippen LogP contribution in [0.5, 0.6) is 0 Å². The molecule has 7 heteroatoms. The van der Waals surface area contributed by atoms with Gasteiger partial charge in [-0.3, -0.25) is 15.0 Å². The number of benzene rings is 1. The molecule has 2 heterocycles. The number of hydrogen-bond acceptors (Lipinski definition) is 6. The molecule has 1 aliphatic heterocycles. The van der Waals surface area contributed by atoms with Crippen molar-refractivity contribution in [2.45, 2.75) is 38.8 Å². The van der Waals surface area contributed by atoms with E-state index in [0.29, 0.717) is 23.5 Å². The van der Waals surface area contributed by atoms with Crippen LogP contribution >= 0.6 is 0 Å². The van der Waals surface area contributed by atoms with Crippen molar-refractivity contribution in [3.05, 3.63) is 34.2 Å². The number of nitrogens with zero attached hydrogens (tertiary/aromatic N) is 3. The summed E-state index contributed by atoms with van der Waals surface area (Å²) in [7, 11) is 0. The van der Waals surface area contributed by atoms with Gasteiger partial charge in [-0.1, -0.05) is 6.92 Å². The summed E-state index contributed by atoms with van der Waals surface area (Å²) < 4.78 is 11.5. The molecule has 124 valence electrons. The van der Waals surface area contributed by atoms with Crippen molar-refractivity contribution in [1.82, 2.24) is 9.88 Å². The molecule has 3 rings (SSSR count). The zero-order chi connectivity index (χ0) is 16.2. The molecule has 0 spiro atoms. The van der Waals surface area contributed by atoms with E-state index in [9.17, 15) is 10.1 Å². The lowest BCUT2D eigenvalue weighted by Gasteiger charge is -2.31. The second-order valence-corrected chi connectivity index (χ2v) is 5.89. The third-order valence-electron chi connectivity index (χ3n) is 4.01. The fourth-order valence-electron chi connectivity index (χ4n) is 2.91. The molecular formula is C16H21N3O4. The third kappa shape index (κ3) is 3.86. The Bertz CT molecular complexity index is 685. The third-order valence-corrected chi connectivity index (χ3v) is 4.01. The molecule has 1 aromatic heterocycles. The summed E-state index contributed by atoms with van der Waals surface area (Å²) in [6.07, 6.45) is 3.49. The molecule has 0 amide bonds. The van der Waals surface area contributed by atoms with Gasteiger partial charge in [-0.2, -0.15) is 0 Å². The largest absolute Gasteiger partial charge is 0.439 e. The number of aromatic nitrogens is 1. The summed E-state index contributed by atoms with van der Waals surface area (Å²) in [5, 5.41) is 10.8. The number of hydrogen-bond donors (Lipinski definition) is 0. The average molecular weight is 319 g/mol. The van der Waals surface area contributed by atoms with Gasteiger partial charge in [0.05, 0.1) is 17.6 Å². The van der Waals surface area contributed by atoms with Crippen LogP contribution < -0.4 is 0 Å². The molecule has 1 atom stereocenters. The van der Waals surface area contributed by atoms with Crippen molar-refractivity contribution in [2.75, 3.05) is 19.7 Å². The second kappa shape index (κ2) is 7.06. The smallest absolute Gasteiger partial charge is 0.271 e. The van der Waals surface area contributed by atoms with Crippen molar-refractivity contribution >= 4 is 16.8 Å². The van der Waals surface area contributed by atoms with Gasteiger partial charge < -0.3 is 9.15 Å². The van der Waals surface area contributed by atoms with Crippen LogP contribution in [0.4, 0.5) is 5.69 Å². The number of oxazole rings is 1. The van der Waals surface area contributed by atoms with Crippen molar-refractivity contribution in [1.29, 1.82) is 0 Å². The predicted molar refractivity (Wildman–Crippen MR) is 85.2 cm³/mol. The highest BCUT2D eigenvalue weighted by atomic mass is 16.6. The summed E-state index contributed by atoms with van der Waals surface area (Å²) in [4.78, 5) is 17.0. The van der Waals surface area contributed by atoms with Gasteiger partial charge in [0.2, 0.25) is 5.89 Å². The Kier molecular flexibility index (Phi) is 4.88. The standard InChI is InChI=1S/C16H21N3O4/c1-2-8-22-13-4-3-7-18(10-13)11-16-17-14-9-12(19(20)21)5-6-15(14)23-16/h5-6,9,13H,2-4,7-8,10-11H2,1H3/t13-/m0/s1. The van der Waals surface area contributed by atoms with E-state index in [-0.39, 0.29) is 11.8 Å². The van der Waals surface area contributed by atoms with Gasteiger partial charge in [-0.05, 0) is 31.9 Å². The van der Waals surface area contributed by atoms with Crippen molar-refractivity contribution in [3.8, 4) is 0 Å². The number of nitro groups is 1. The molecule has 0 unspecified atom stereocenters. The van der Waals surface area contributed by atoms with Crippen LogP contribution in [0.15, 0.2) is 22.6 Å². The SMILES string of the molecule is CCCO[C@H]1CCCN(Cc2nc3cc([N+](=O)[O-])ccc3o2)C1. The number of rotatable bonds is 6. The summed E-state index contributed by atoms with van der Waals surface area (Å²) in [5.41, 5.74) is 1.15. The number of ether oxygens (including phenoxy) is 1. The fraction of sp³-hybridized carbons (Fsp3) is 0.562. The van der Waals surface area contributed by atoms with E-state index >= 15 is 0 Å². The van der Waals surface area contributed by atoms with Crippen LogP contribution in [0.1, 0.15) is 32.1 Å². The van der Waals surface area contributed by atoms with Crippen molar-refractivity contribution in [3.63, 3.8) is 0 Å². The van der Waals surface area contributed by atoms with Crippen LogP contribution in [0.25, 0.3) is 11.1 Å². The first-order chi connectivity index (χ1) is 11.2. The Morgan fingerprint density at radius 3 is 3.17 bits per heavy atom. The van der Waals surface area contributed by atoms with E-state index in [1.807, 2.05) is 0 Å². The summed E-state index contributed by atoms with van der Waals surface area (Å²) in [6.45, 7) is 5.38. The van der Waals surface area contributed by atoms with Crippen LogP contribution in [0.2, 0.25) is 0 Å². The number of fused-ring (bicyclic) bond motifs is 1. The Hall–Kier alpha value is -1.99. The van der Waals surface area contributed by atoms with E-state index in [4.69, 9.17) is 9.15 Å². The quantitative estimate of drug-likeness (QED) is 0.601. The molecule has 1 fully saturated rings. The highest BCUT2D eigenvalue weighted by Gasteiger charge is 2.22. The molecule has 0 radical (unpaired) electrons. The lowest BCUT2D eigenvalue weighted by Crippen LogP contribution is -2.39. The Labute approximate surface area is 134 Å². The predicted octanol–water partition coefficient (Wildman–Crippen LogP) is 3.13. The Balaban J connectivity index is 1.67. The summed E-state index contributed by atoms with van der Waals surface area (Å²) in [6, 6.07) is 4.49. The summed E-state index contributed by atoms with van der Waals surface area (Å²) >= 11 is 0. The maximum atomic E-state index is 10.8. The molecule has 2 aromatic rings. The number of likely N-dealkylation sites (tertiary alicyclic amines) is 1. The van der Waals surface area contributed by atoms with Gasteiger partial charge in [0, 0.05) is 25.3 Å². The molecule has 0 bridgehead atoms. The average Bonchev–Trinajstić information content (AvgIpc) is 2.94. The minimum absolute atomic E-state index is 0.0309. The van der Waals surface area contributed by atoms with E-state index in [0.717, 1.165) is 39.0 Å². The van der Waals surface area contributed by atoms with Crippen LogP contribution in [-0.2, 0) is 11.3 Å². The summed E-state index contributed by atoms with van der Waals surface area (Å²) in [5.74, 6) is 0.594. The molecule has 0 aliphatic carbocycles. The molecule has 0 saturated carbocycles. The van der Waals surface area contributed by atoms with Gasteiger partial charge >= 0.3 is 0 Å². The maximum absolute atomic E-state index is 10.8. The van der Waals surface area contributed by atoms with Crippen LogP contribution in [-0.4, -0.2) is 40.6 Å². The molecule has 7 nitrogen and oxygen atoms in total. The first kappa shape index (κ1) is 15.9. The minimum atomic E-state index is -0.423. The number of nitro benzene ring substituents is 1. The van der Waals surface area contributed by atoms with Gasteiger partial charge in [-0.15, -0.1) is 0 Å². The molecule has 1 saturated heterocycles. The van der Waals surface area contributed by atoms with Gasteiger partial charge in [-0.25, -0.2) is 4.98 Å². The Morgan fingerprint density at radius 2 is 2.39 bits per heavy atom. The first-order valence-corrected chi connectivity index (χ1v) is 8.03. The highest BCUT2D eigenvalue weighted by Crippen LogP contribution is 2.23. The van der Waals surface area contributed by atoms with Crippen LogP contribution in [0, 0.1) is 10.1 Å². The van der Waals surface area contributed by atoms with Gasteiger partial charge in [0.1, 0.15) is 5.52 Å². The molecule has 23 heavy (non-hydrogen) atoms. The van der Waals surface area contributed by atoms with Crippen molar-refractivity contribution in [2.24, 2.45) is 0 Å². The van der Waals surface area contributed by atoms with E-state index in [1.165, 1.54) is 12.1 Å². The normalized spacial score (nSPS) is 19.3. The lowest BCUT2D eigenvalue weighted by atomic mass is 10.1. The minimum Gasteiger partial charge on any atom is -0.439 e. The molecular weight excluding hydrogens is 298 g/mol. The van der Waals surface area contributed by atoms with E-state index in [2.05, 4.69) is 16.8 Å². The molecule has 0 N–H and O–H groups in total. The van der Waals surface area contributed by atoms with Gasteiger partial charge in [0.15, 0.2) is 5.58 Å². The van der Waals surface area contributed by atoms with E-state index < -0.39 is 4.92 Å². The topological polar surface area (TPSA) is 81.6 Å². The zero-order valence-electron chi connectivity index (χ0n) is 13.2. The van der Waals surface area contributed by atoms with Gasteiger partial charge in [0.25, 0.3) is 5.69 Å².